The van der Waals surface area contributed by atoms with Crippen LogP contribution < -0.4 is 0 Å². The van der Waals surface area contributed by atoms with Gasteiger partial charge < -0.3 is 0 Å². The molecule has 0 saturated heterocycles. The van der Waals surface area contributed by atoms with Gasteiger partial charge in [0.15, 0.2) is 0 Å². The molecule has 0 saturated carbocycles. The Morgan fingerprint density at radius 1 is 1.20 bits per heavy atom. The predicted molar refractivity (Wildman–Crippen MR) is 58.5 cm³/mol. The summed E-state index contributed by atoms with van der Waals surface area (Å²) >= 11 is 0. The van der Waals surface area contributed by atoms with Crippen LogP contribution in [0.1, 0.15) is 30.5 Å². The third-order valence-electron chi connectivity index (χ3n) is 2.68. The maximum absolute atomic E-state index is 11.1. The molecule has 15 heavy (non-hydrogen) atoms. The number of pyridine rings is 1. The van der Waals surface area contributed by atoms with Crippen molar-refractivity contribution in [1.29, 1.82) is 0 Å². The van der Waals surface area contributed by atoms with E-state index < -0.39 is 9.05 Å². The molecule has 2 rings (SSSR count). The van der Waals surface area contributed by atoms with Gasteiger partial charge in [-0.05, 0) is 37.3 Å². The van der Waals surface area contributed by atoms with Crippen LogP contribution in [0.25, 0.3) is 0 Å². The minimum Gasteiger partial charge on any atom is -0.260 e. The van der Waals surface area contributed by atoms with E-state index >= 15 is 0 Å². The third kappa shape index (κ3) is 2.49. The molecule has 82 valence electrons. The minimum absolute atomic E-state index is 0.116. The van der Waals surface area contributed by atoms with E-state index in [4.69, 9.17) is 10.7 Å². The highest BCUT2D eigenvalue weighted by Crippen LogP contribution is 2.22. The summed E-state index contributed by atoms with van der Waals surface area (Å²) in [5, 5.41) is 0. The maximum atomic E-state index is 11.1. The standard InChI is InChI=1S/C10H12ClNO2S/c11-15(13,14)9-6-8-4-2-1-3-5-10(8)12-7-9/h6-7H,1-5H2. The summed E-state index contributed by atoms with van der Waals surface area (Å²) in [5.74, 6) is 0. The second-order valence-electron chi connectivity index (χ2n) is 3.78. The van der Waals surface area contributed by atoms with E-state index in [0.717, 1.165) is 36.9 Å². The van der Waals surface area contributed by atoms with Crippen molar-refractivity contribution >= 4 is 19.7 Å². The molecule has 0 unspecified atom stereocenters. The monoisotopic (exact) mass is 245 g/mol. The Hall–Kier alpha value is -0.610. The van der Waals surface area contributed by atoms with Crippen LogP contribution in [0.3, 0.4) is 0 Å². The van der Waals surface area contributed by atoms with Gasteiger partial charge in [0.2, 0.25) is 0 Å². The highest BCUT2D eigenvalue weighted by Gasteiger charge is 2.15. The number of hydrogen-bond donors (Lipinski definition) is 0. The van der Waals surface area contributed by atoms with Gasteiger partial charge in [-0.3, -0.25) is 4.98 Å². The van der Waals surface area contributed by atoms with E-state index in [-0.39, 0.29) is 4.90 Å². The van der Waals surface area contributed by atoms with E-state index in [1.54, 1.807) is 6.07 Å². The molecule has 1 heterocycles. The van der Waals surface area contributed by atoms with Crippen LogP contribution in [0, 0.1) is 0 Å². The van der Waals surface area contributed by atoms with Gasteiger partial charge in [-0.2, -0.15) is 0 Å². The number of nitrogens with zero attached hydrogens (tertiary/aromatic N) is 1. The fourth-order valence-corrected chi connectivity index (χ4v) is 2.59. The zero-order chi connectivity index (χ0) is 10.9. The SMILES string of the molecule is O=S(=O)(Cl)c1cnc2c(c1)CCCCC2. The number of fused-ring (bicyclic) bond motifs is 1. The van der Waals surface area contributed by atoms with Gasteiger partial charge in [0, 0.05) is 22.6 Å². The molecular formula is C10H12ClNO2S. The minimum atomic E-state index is -3.64. The fourth-order valence-electron chi connectivity index (χ4n) is 1.88. The van der Waals surface area contributed by atoms with Crippen LogP contribution in [0.5, 0.6) is 0 Å². The number of halogens is 1. The molecule has 1 aliphatic carbocycles. The Kier molecular flexibility index (Phi) is 2.98. The van der Waals surface area contributed by atoms with E-state index in [1.807, 2.05) is 0 Å². The van der Waals surface area contributed by atoms with Crippen LogP contribution in [0.2, 0.25) is 0 Å². The van der Waals surface area contributed by atoms with Crippen LogP contribution in [-0.2, 0) is 21.9 Å². The third-order valence-corrected chi connectivity index (χ3v) is 4.00. The quantitative estimate of drug-likeness (QED) is 0.563. The van der Waals surface area contributed by atoms with Gasteiger partial charge in [0.1, 0.15) is 4.90 Å². The highest BCUT2D eigenvalue weighted by molar-refractivity contribution is 8.13. The molecule has 0 N–H and O–H groups in total. The topological polar surface area (TPSA) is 47.0 Å². The number of aromatic nitrogens is 1. The van der Waals surface area contributed by atoms with E-state index in [9.17, 15) is 8.42 Å². The highest BCUT2D eigenvalue weighted by atomic mass is 35.7. The molecule has 0 atom stereocenters. The average molecular weight is 246 g/mol. The van der Waals surface area contributed by atoms with Crippen molar-refractivity contribution in [2.75, 3.05) is 0 Å². The molecule has 0 fully saturated rings. The summed E-state index contributed by atoms with van der Waals surface area (Å²) in [6.07, 6.45) is 6.61. The first kappa shape index (κ1) is 10.9. The van der Waals surface area contributed by atoms with Crippen molar-refractivity contribution < 1.29 is 8.42 Å². The molecule has 1 aromatic heterocycles. The molecule has 3 nitrogen and oxygen atoms in total. The van der Waals surface area contributed by atoms with E-state index in [2.05, 4.69) is 4.98 Å². The molecule has 1 aromatic rings. The Morgan fingerprint density at radius 2 is 1.93 bits per heavy atom. The summed E-state index contributed by atoms with van der Waals surface area (Å²) in [6.45, 7) is 0. The van der Waals surface area contributed by atoms with Crippen molar-refractivity contribution in [3.63, 3.8) is 0 Å². The Labute approximate surface area is 93.9 Å². The maximum Gasteiger partial charge on any atom is 0.262 e. The largest absolute Gasteiger partial charge is 0.262 e. The van der Waals surface area contributed by atoms with Gasteiger partial charge in [0.05, 0.1) is 0 Å². The lowest BCUT2D eigenvalue weighted by Gasteiger charge is -2.05. The van der Waals surface area contributed by atoms with Crippen molar-refractivity contribution in [2.24, 2.45) is 0 Å². The molecule has 0 bridgehead atoms. The summed E-state index contributed by atoms with van der Waals surface area (Å²) in [4.78, 5) is 4.30. The number of aryl methyl sites for hydroxylation is 2. The van der Waals surface area contributed by atoms with Crippen molar-refractivity contribution in [3.05, 3.63) is 23.5 Å². The fraction of sp³-hybridized carbons (Fsp3) is 0.500. The molecule has 0 aliphatic heterocycles. The van der Waals surface area contributed by atoms with E-state index in [0.29, 0.717) is 0 Å². The Bertz CT molecular complexity index is 470. The van der Waals surface area contributed by atoms with Gasteiger partial charge in [-0.15, -0.1) is 0 Å². The first-order valence-electron chi connectivity index (χ1n) is 5.00. The van der Waals surface area contributed by atoms with Gasteiger partial charge in [-0.25, -0.2) is 8.42 Å². The van der Waals surface area contributed by atoms with Crippen molar-refractivity contribution in [1.82, 2.24) is 4.98 Å². The van der Waals surface area contributed by atoms with Gasteiger partial charge in [0.25, 0.3) is 9.05 Å². The van der Waals surface area contributed by atoms with Crippen molar-refractivity contribution in [2.45, 2.75) is 37.0 Å². The van der Waals surface area contributed by atoms with Crippen molar-refractivity contribution in [3.8, 4) is 0 Å². The molecule has 0 amide bonds. The Balaban J connectivity index is 2.45. The van der Waals surface area contributed by atoms with E-state index in [1.165, 1.54) is 12.6 Å². The second-order valence-corrected chi connectivity index (χ2v) is 6.34. The number of rotatable bonds is 1. The first-order valence-corrected chi connectivity index (χ1v) is 7.31. The molecule has 0 radical (unpaired) electrons. The summed E-state index contributed by atoms with van der Waals surface area (Å²) in [7, 11) is 1.64. The summed E-state index contributed by atoms with van der Waals surface area (Å²) in [5.41, 5.74) is 2.06. The average Bonchev–Trinajstić information content (AvgIpc) is 2.39. The second kappa shape index (κ2) is 4.10. The first-order chi connectivity index (χ1) is 7.07. The molecule has 0 aromatic carbocycles. The summed E-state index contributed by atoms with van der Waals surface area (Å²) < 4.78 is 22.3. The zero-order valence-electron chi connectivity index (χ0n) is 8.24. The zero-order valence-corrected chi connectivity index (χ0v) is 9.81. The van der Waals surface area contributed by atoms with Crippen LogP contribution in [-0.4, -0.2) is 13.4 Å². The normalized spacial score (nSPS) is 16.9. The van der Waals surface area contributed by atoms with Gasteiger partial charge in [-0.1, -0.05) is 6.42 Å². The smallest absolute Gasteiger partial charge is 0.260 e. The lowest BCUT2D eigenvalue weighted by Crippen LogP contribution is -1.99. The lowest BCUT2D eigenvalue weighted by molar-refractivity contribution is 0.609. The Morgan fingerprint density at radius 3 is 2.67 bits per heavy atom. The van der Waals surface area contributed by atoms with Crippen LogP contribution >= 0.6 is 10.7 Å². The van der Waals surface area contributed by atoms with Crippen LogP contribution in [0.15, 0.2) is 17.2 Å². The van der Waals surface area contributed by atoms with Crippen LogP contribution in [0.4, 0.5) is 0 Å². The predicted octanol–water partition coefficient (Wildman–Crippen LogP) is 2.28. The molecule has 1 aliphatic rings. The molecular weight excluding hydrogens is 234 g/mol. The molecule has 5 heteroatoms. The molecule has 0 spiro atoms. The van der Waals surface area contributed by atoms with Gasteiger partial charge >= 0.3 is 0 Å². The lowest BCUT2D eigenvalue weighted by atomic mass is 10.1. The summed E-state index contributed by atoms with van der Waals surface area (Å²) in [6, 6.07) is 1.66. The number of hydrogen-bond acceptors (Lipinski definition) is 3.